The summed E-state index contributed by atoms with van der Waals surface area (Å²) in [4.78, 5) is 39.8. The molecule has 3 amide bonds. The lowest BCUT2D eigenvalue weighted by molar-refractivity contribution is -0.127. The summed E-state index contributed by atoms with van der Waals surface area (Å²) in [6, 6.07) is 4.85. The molecule has 1 aromatic heterocycles. The molecule has 2 rings (SSSR count). The lowest BCUT2D eigenvalue weighted by atomic mass is 9.98. The normalized spacial score (nSPS) is 12.5. The van der Waals surface area contributed by atoms with Crippen LogP contribution in [0.1, 0.15) is 66.8 Å². The predicted octanol–water partition coefficient (Wildman–Crippen LogP) is 2.94. The number of rotatable bonds is 8. The largest absolute Gasteiger partial charge is 0.395 e. The number of nitrogen functional groups attached to an aromatic ring is 1. The number of halogens is 1. The molecule has 0 aliphatic rings. The zero-order chi connectivity index (χ0) is 24.2. The average Bonchev–Trinajstić information content (AvgIpc) is 3.05. The molecule has 0 spiro atoms. The van der Waals surface area contributed by atoms with Crippen molar-refractivity contribution in [3.05, 3.63) is 46.2 Å². The Balaban J connectivity index is 2.53. The van der Waals surface area contributed by atoms with E-state index in [4.69, 9.17) is 11.5 Å². The molecule has 0 radical (unpaired) electrons. The number of hydrogen-bond donors (Lipinski definition) is 3. The molecule has 1 atom stereocenters. The van der Waals surface area contributed by atoms with Crippen LogP contribution in [0.3, 0.4) is 0 Å². The Morgan fingerprint density at radius 1 is 1.19 bits per heavy atom. The van der Waals surface area contributed by atoms with Crippen molar-refractivity contribution in [2.24, 2.45) is 11.7 Å². The minimum atomic E-state index is -0.841. The van der Waals surface area contributed by atoms with Crippen molar-refractivity contribution in [2.75, 3.05) is 5.73 Å². The van der Waals surface area contributed by atoms with Gasteiger partial charge in [-0.1, -0.05) is 26.0 Å². The highest BCUT2D eigenvalue weighted by atomic mass is 32.1. The molecule has 0 aliphatic carbocycles. The Morgan fingerprint density at radius 2 is 1.78 bits per heavy atom. The van der Waals surface area contributed by atoms with Crippen molar-refractivity contribution in [3.8, 4) is 0 Å². The number of hydrogen-bond acceptors (Lipinski definition) is 6. The van der Waals surface area contributed by atoms with Crippen molar-refractivity contribution in [3.63, 3.8) is 0 Å². The van der Waals surface area contributed by atoms with Crippen LogP contribution in [0.25, 0.3) is 0 Å². The van der Waals surface area contributed by atoms with Gasteiger partial charge < -0.3 is 21.7 Å². The molecule has 0 fully saturated rings. The number of carbonyl (C=O) groups excluding carboxylic acids is 3. The first-order chi connectivity index (χ1) is 14.8. The maximum Gasteiger partial charge on any atom is 0.270 e. The molecule has 1 unspecified atom stereocenters. The zero-order valence-corrected chi connectivity index (χ0v) is 19.8. The number of primary amides is 1. The third-order valence-corrected chi connectivity index (χ3v) is 5.41. The number of carbonyl (C=O) groups is 3. The fourth-order valence-electron chi connectivity index (χ4n) is 3.14. The standard InChI is InChI=1S/C22H30FN5O3S/c1-12(2)10-15(20(30)26-22(3,4)5)28(11-13-6-8-14(23)9-7-13)21(31)18-16(24)17(19(25)29)27-32-18/h6-9,12,15H,10-11,24H2,1-5H3,(H2,25,29)(H,26,30). The number of nitrogens with two attached hydrogens (primary N) is 2. The molecule has 0 aliphatic heterocycles. The van der Waals surface area contributed by atoms with Gasteiger partial charge in [-0.3, -0.25) is 14.4 Å². The van der Waals surface area contributed by atoms with Gasteiger partial charge >= 0.3 is 0 Å². The van der Waals surface area contributed by atoms with E-state index in [2.05, 4.69) is 9.69 Å². The molecule has 5 N–H and O–H groups in total. The van der Waals surface area contributed by atoms with Gasteiger partial charge in [-0.2, -0.15) is 4.37 Å². The van der Waals surface area contributed by atoms with E-state index in [1.165, 1.54) is 17.0 Å². The lowest BCUT2D eigenvalue weighted by Gasteiger charge is -2.34. The predicted molar refractivity (Wildman–Crippen MR) is 122 cm³/mol. The number of anilines is 1. The summed E-state index contributed by atoms with van der Waals surface area (Å²) < 4.78 is 17.3. The fourth-order valence-corrected chi connectivity index (χ4v) is 3.91. The highest BCUT2D eigenvalue weighted by molar-refractivity contribution is 7.09. The van der Waals surface area contributed by atoms with Crippen molar-refractivity contribution in [1.29, 1.82) is 0 Å². The van der Waals surface area contributed by atoms with Crippen LogP contribution in [0.5, 0.6) is 0 Å². The van der Waals surface area contributed by atoms with E-state index in [-0.39, 0.29) is 34.6 Å². The zero-order valence-electron chi connectivity index (χ0n) is 18.9. The Kier molecular flexibility index (Phi) is 7.95. The summed E-state index contributed by atoms with van der Waals surface area (Å²) in [5.74, 6) is -2.03. The van der Waals surface area contributed by atoms with E-state index in [0.717, 1.165) is 11.5 Å². The molecule has 1 heterocycles. The van der Waals surface area contributed by atoms with Crippen molar-refractivity contribution in [1.82, 2.24) is 14.6 Å². The summed E-state index contributed by atoms with van der Waals surface area (Å²) in [6.07, 6.45) is 0.385. The Labute approximate surface area is 191 Å². The minimum absolute atomic E-state index is 0.0261. The second-order valence-corrected chi connectivity index (χ2v) is 9.86. The van der Waals surface area contributed by atoms with E-state index in [9.17, 15) is 18.8 Å². The topological polar surface area (TPSA) is 131 Å². The molecular weight excluding hydrogens is 433 g/mol. The minimum Gasteiger partial charge on any atom is -0.395 e. The molecule has 0 bridgehead atoms. The van der Waals surface area contributed by atoms with Gasteiger partial charge in [0.1, 0.15) is 16.7 Å². The van der Waals surface area contributed by atoms with Gasteiger partial charge in [0, 0.05) is 12.1 Å². The molecule has 0 saturated carbocycles. The first-order valence-electron chi connectivity index (χ1n) is 10.2. The molecule has 2 aromatic rings. The Bertz CT molecular complexity index is 982. The van der Waals surface area contributed by atoms with Crippen molar-refractivity contribution in [2.45, 2.75) is 59.2 Å². The molecule has 10 heteroatoms. The van der Waals surface area contributed by atoms with E-state index >= 15 is 0 Å². The Hall–Kier alpha value is -3.01. The number of nitrogens with zero attached hydrogens (tertiary/aromatic N) is 2. The van der Waals surface area contributed by atoms with Gasteiger partial charge in [0.05, 0.1) is 5.69 Å². The van der Waals surface area contributed by atoms with Crippen LogP contribution in [0, 0.1) is 11.7 Å². The average molecular weight is 464 g/mol. The third kappa shape index (κ3) is 6.49. The van der Waals surface area contributed by atoms with Gasteiger partial charge in [0.25, 0.3) is 11.8 Å². The van der Waals surface area contributed by atoms with Crippen molar-refractivity contribution < 1.29 is 18.8 Å². The van der Waals surface area contributed by atoms with Crippen LogP contribution < -0.4 is 16.8 Å². The lowest BCUT2D eigenvalue weighted by Crippen LogP contribution is -2.54. The quantitative estimate of drug-likeness (QED) is 0.554. The monoisotopic (exact) mass is 463 g/mol. The summed E-state index contributed by atoms with van der Waals surface area (Å²) in [6.45, 7) is 9.49. The summed E-state index contributed by atoms with van der Waals surface area (Å²) in [5.41, 5.74) is 11.1. The maximum atomic E-state index is 13.6. The second kappa shape index (κ2) is 10.1. The van der Waals surface area contributed by atoms with Crippen molar-refractivity contribution >= 4 is 34.9 Å². The van der Waals surface area contributed by atoms with Crippen LogP contribution in [0.4, 0.5) is 10.1 Å². The summed E-state index contributed by atoms with van der Waals surface area (Å²) >= 11 is 0.756. The van der Waals surface area contributed by atoms with Crippen LogP contribution >= 0.6 is 11.5 Å². The van der Waals surface area contributed by atoms with E-state index in [1.54, 1.807) is 12.1 Å². The molecule has 0 saturated heterocycles. The molecule has 32 heavy (non-hydrogen) atoms. The maximum absolute atomic E-state index is 13.6. The van der Waals surface area contributed by atoms with Gasteiger partial charge in [0.15, 0.2) is 5.69 Å². The second-order valence-electron chi connectivity index (χ2n) is 9.08. The first-order valence-corrected chi connectivity index (χ1v) is 11.0. The van der Waals surface area contributed by atoms with Crippen LogP contribution in [-0.4, -0.2) is 38.6 Å². The van der Waals surface area contributed by atoms with Gasteiger partial charge in [0.2, 0.25) is 5.91 Å². The van der Waals surface area contributed by atoms with Crippen LogP contribution in [-0.2, 0) is 11.3 Å². The summed E-state index contributed by atoms with van der Waals surface area (Å²) in [5, 5.41) is 2.93. The van der Waals surface area contributed by atoms with Gasteiger partial charge in [-0.25, -0.2) is 4.39 Å². The molecule has 8 nitrogen and oxygen atoms in total. The number of benzene rings is 1. The fraction of sp³-hybridized carbons (Fsp3) is 0.455. The third-order valence-electron chi connectivity index (χ3n) is 4.55. The van der Waals surface area contributed by atoms with E-state index < -0.39 is 29.2 Å². The van der Waals surface area contributed by atoms with E-state index in [1.807, 2.05) is 34.6 Å². The molecule has 1 aromatic carbocycles. The number of amides is 3. The van der Waals surface area contributed by atoms with Gasteiger partial charge in [-0.05, 0) is 62.3 Å². The van der Waals surface area contributed by atoms with Crippen LogP contribution in [0.15, 0.2) is 24.3 Å². The van der Waals surface area contributed by atoms with Crippen LogP contribution in [0.2, 0.25) is 0 Å². The number of aromatic nitrogens is 1. The summed E-state index contributed by atoms with van der Waals surface area (Å²) in [7, 11) is 0. The Morgan fingerprint density at radius 3 is 2.25 bits per heavy atom. The SMILES string of the molecule is CC(C)CC(C(=O)NC(C)(C)C)N(Cc1ccc(F)cc1)C(=O)c1snc(C(N)=O)c1N. The van der Waals surface area contributed by atoms with E-state index in [0.29, 0.717) is 12.0 Å². The smallest absolute Gasteiger partial charge is 0.270 e. The molecular formula is C22H30FN5O3S. The highest BCUT2D eigenvalue weighted by Crippen LogP contribution is 2.27. The number of nitrogens with one attached hydrogen (secondary N) is 1. The first kappa shape index (κ1) is 25.3. The highest BCUT2D eigenvalue weighted by Gasteiger charge is 2.35. The van der Waals surface area contributed by atoms with Gasteiger partial charge in [-0.15, -0.1) is 0 Å². The molecule has 174 valence electrons.